The zero-order valence-electron chi connectivity index (χ0n) is 24.2. The zero-order valence-corrected chi connectivity index (χ0v) is 25.2. The fraction of sp³-hybridized carbons (Fsp3) is 0.483. The van der Waals surface area contributed by atoms with Crippen LogP contribution < -0.4 is 9.47 Å². The minimum atomic E-state index is -2.34. The lowest BCUT2D eigenvalue weighted by Gasteiger charge is -2.36. The summed E-state index contributed by atoms with van der Waals surface area (Å²) in [6, 6.07) is 6.45. The summed E-state index contributed by atoms with van der Waals surface area (Å²) in [7, 11) is 0.543. The second-order valence-electron chi connectivity index (χ2n) is 10.3. The molecule has 2 aromatic carbocycles. The predicted molar refractivity (Wildman–Crippen MR) is 148 cm³/mol. The summed E-state index contributed by atoms with van der Waals surface area (Å²) in [6.07, 6.45) is 0. The van der Waals surface area contributed by atoms with Crippen LogP contribution in [0.4, 0.5) is 0 Å². The average Bonchev–Trinajstić information content (AvgIpc) is 2.85. The molecule has 9 heteroatoms. The third-order valence-electron chi connectivity index (χ3n) is 6.87. The van der Waals surface area contributed by atoms with Gasteiger partial charge in [0, 0.05) is 11.1 Å². The molecule has 0 atom stereocenters. The summed E-state index contributed by atoms with van der Waals surface area (Å²) in [5, 5.41) is -0.138. The Labute approximate surface area is 226 Å². The van der Waals surface area contributed by atoms with Crippen molar-refractivity contribution in [2.75, 3.05) is 27.4 Å². The third kappa shape index (κ3) is 6.45. The lowest BCUT2D eigenvalue weighted by molar-refractivity contribution is 0.0506. The van der Waals surface area contributed by atoms with E-state index in [1.54, 1.807) is 39.0 Å². The van der Waals surface area contributed by atoms with Crippen LogP contribution in [0.25, 0.3) is 0 Å². The molecule has 2 rings (SSSR count). The van der Waals surface area contributed by atoms with Gasteiger partial charge in [-0.05, 0) is 62.7 Å². The average molecular weight is 545 g/mol. The minimum absolute atomic E-state index is 0.00128. The van der Waals surface area contributed by atoms with E-state index in [-0.39, 0.29) is 64.2 Å². The van der Waals surface area contributed by atoms with Crippen LogP contribution in [0.3, 0.4) is 0 Å². The Morgan fingerprint density at radius 1 is 0.842 bits per heavy atom. The van der Waals surface area contributed by atoms with Crippen LogP contribution in [-0.4, -0.2) is 53.5 Å². The minimum Gasteiger partial charge on any atom is -0.496 e. The summed E-state index contributed by atoms with van der Waals surface area (Å²) < 4.78 is 28.2. The first-order valence-electron chi connectivity index (χ1n) is 12.7. The Kier molecular flexibility index (Phi) is 10.3. The van der Waals surface area contributed by atoms with Gasteiger partial charge in [0.25, 0.3) is 0 Å². The highest BCUT2D eigenvalue weighted by Gasteiger charge is 2.39. The van der Waals surface area contributed by atoms with Gasteiger partial charge in [-0.25, -0.2) is 9.59 Å². The highest BCUT2D eigenvalue weighted by molar-refractivity contribution is 6.74. The van der Waals surface area contributed by atoms with Gasteiger partial charge in [0.05, 0.1) is 45.2 Å². The molecule has 0 N–H and O–H groups in total. The van der Waals surface area contributed by atoms with E-state index in [9.17, 15) is 14.4 Å². The van der Waals surface area contributed by atoms with Crippen molar-refractivity contribution < 1.29 is 37.8 Å². The Morgan fingerprint density at radius 2 is 1.37 bits per heavy atom. The lowest BCUT2D eigenvalue weighted by Crippen LogP contribution is -2.40. The Balaban J connectivity index is 2.99. The van der Waals surface area contributed by atoms with E-state index in [1.165, 1.54) is 20.3 Å². The topological polar surface area (TPSA) is 97.4 Å². The highest BCUT2D eigenvalue weighted by Crippen LogP contribution is 2.39. The van der Waals surface area contributed by atoms with Crippen molar-refractivity contribution in [3.63, 3.8) is 0 Å². The molecular weight excluding hydrogens is 504 g/mol. The first-order valence-corrected chi connectivity index (χ1v) is 15.6. The number of ketones is 1. The third-order valence-corrected chi connectivity index (χ3v) is 11.3. The number of ether oxygens (including phenoxy) is 4. The monoisotopic (exact) mass is 544 g/mol. The Bertz CT molecular complexity index is 1170. The molecule has 0 bridgehead atoms. The normalized spacial score (nSPS) is 11.6. The summed E-state index contributed by atoms with van der Waals surface area (Å²) in [5.74, 6) is -1.31. The maximum Gasteiger partial charge on any atom is 0.338 e. The maximum atomic E-state index is 14.4. The summed E-state index contributed by atoms with van der Waals surface area (Å²) in [4.78, 5) is 40.8. The second kappa shape index (κ2) is 12.6. The van der Waals surface area contributed by atoms with Gasteiger partial charge >= 0.3 is 11.9 Å². The van der Waals surface area contributed by atoms with Crippen LogP contribution >= 0.6 is 0 Å². The number of benzene rings is 2. The van der Waals surface area contributed by atoms with Crippen molar-refractivity contribution in [3.8, 4) is 11.5 Å². The molecule has 208 valence electrons. The SMILES string of the molecule is CCOC(=O)c1cc(C)c(C(=O)OCC)c(CO[Si](C)(C)C(C)(C)C)c1C(=O)c1c(OC)cccc1OC. The molecular formula is C29H40O8Si. The van der Waals surface area contributed by atoms with Gasteiger partial charge in [-0.1, -0.05) is 26.8 Å². The van der Waals surface area contributed by atoms with E-state index in [0.29, 0.717) is 5.56 Å². The highest BCUT2D eigenvalue weighted by atomic mass is 28.4. The van der Waals surface area contributed by atoms with E-state index in [4.69, 9.17) is 23.4 Å². The molecule has 2 aromatic rings. The molecule has 0 aliphatic rings. The number of rotatable bonds is 11. The predicted octanol–water partition coefficient (Wildman–Crippen LogP) is 6.12. The summed E-state index contributed by atoms with van der Waals surface area (Å²) >= 11 is 0. The van der Waals surface area contributed by atoms with Crippen molar-refractivity contribution in [2.45, 2.75) is 66.3 Å². The largest absolute Gasteiger partial charge is 0.496 e. The van der Waals surface area contributed by atoms with Gasteiger partial charge in [-0.15, -0.1) is 0 Å². The van der Waals surface area contributed by atoms with Crippen LogP contribution in [0.5, 0.6) is 11.5 Å². The first-order chi connectivity index (χ1) is 17.7. The second-order valence-corrected chi connectivity index (χ2v) is 15.1. The fourth-order valence-electron chi connectivity index (χ4n) is 3.82. The molecule has 0 saturated heterocycles. The van der Waals surface area contributed by atoms with Crippen LogP contribution in [-0.2, 0) is 20.5 Å². The quantitative estimate of drug-likeness (QED) is 0.190. The van der Waals surface area contributed by atoms with Crippen LogP contribution in [0.15, 0.2) is 24.3 Å². The lowest BCUT2D eigenvalue weighted by atomic mass is 9.87. The molecule has 0 aliphatic carbocycles. The van der Waals surface area contributed by atoms with Crippen molar-refractivity contribution >= 4 is 26.0 Å². The zero-order chi connectivity index (χ0) is 28.8. The number of esters is 2. The summed E-state index contributed by atoms with van der Waals surface area (Å²) in [5.41, 5.74) is 1.09. The first kappa shape index (κ1) is 31.0. The molecule has 8 nitrogen and oxygen atoms in total. The van der Waals surface area contributed by atoms with Gasteiger partial charge in [0.15, 0.2) is 8.32 Å². The van der Waals surface area contributed by atoms with Crippen LogP contribution in [0.2, 0.25) is 18.1 Å². The van der Waals surface area contributed by atoms with Crippen molar-refractivity contribution in [1.29, 1.82) is 0 Å². The molecule has 0 amide bonds. The molecule has 0 heterocycles. The van der Waals surface area contributed by atoms with Crippen molar-refractivity contribution in [3.05, 3.63) is 57.6 Å². The molecule has 0 saturated carbocycles. The molecule has 0 unspecified atom stereocenters. The standard InChI is InChI=1S/C29H40O8Si/c1-11-35-27(31)19-16-18(3)23(28(32)36-12-2)20(17-37-38(9,10)29(4,5)6)24(19)26(30)25-21(33-7)14-13-15-22(25)34-8/h13-16H,11-12,17H2,1-10H3. The van der Waals surface area contributed by atoms with E-state index in [1.807, 2.05) is 0 Å². The van der Waals surface area contributed by atoms with Gasteiger partial charge < -0.3 is 23.4 Å². The fourth-order valence-corrected chi connectivity index (χ4v) is 4.75. The van der Waals surface area contributed by atoms with Gasteiger partial charge in [0.2, 0.25) is 5.78 Å². The summed E-state index contributed by atoms with van der Waals surface area (Å²) in [6.45, 7) is 15.7. The van der Waals surface area contributed by atoms with Gasteiger partial charge in [-0.2, -0.15) is 0 Å². The number of carbonyl (C=O) groups is 3. The Hall–Kier alpha value is -3.17. The van der Waals surface area contributed by atoms with E-state index in [0.717, 1.165) is 0 Å². The number of carbonyl (C=O) groups excluding carboxylic acids is 3. The van der Waals surface area contributed by atoms with E-state index in [2.05, 4.69) is 33.9 Å². The maximum absolute atomic E-state index is 14.4. The van der Waals surface area contributed by atoms with Crippen molar-refractivity contribution in [2.24, 2.45) is 0 Å². The molecule has 0 radical (unpaired) electrons. The van der Waals surface area contributed by atoms with E-state index < -0.39 is 26.0 Å². The van der Waals surface area contributed by atoms with Gasteiger partial charge in [0.1, 0.15) is 17.1 Å². The van der Waals surface area contributed by atoms with Gasteiger partial charge in [-0.3, -0.25) is 4.79 Å². The number of hydrogen-bond acceptors (Lipinski definition) is 8. The molecule has 0 aromatic heterocycles. The molecule has 0 fully saturated rings. The van der Waals surface area contributed by atoms with E-state index >= 15 is 0 Å². The van der Waals surface area contributed by atoms with Crippen molar-refractivity contribution in [1.82, 2.24) is 0 Å². The molecule has 38 heavy (non-hydrogen) atoms. The smallest absolute Gasteiger partial charge is 0.338 e. The molecule has 0 spiro atoms. The molecule has 0 aliphatic heterocycles. The Morgan fingerprint density at radius 3 is 1.84 bits per heavy atom. The number of hydrogen-bond donors (Lipinski definition) is 0. The van der Waals surface area contributed by atoms with Crippen LogP contribution in [0.1, 0.15) is 82.4 Å². The number of methoxy groups -OCH3 is 2. The van der Waals surface area contributed by atoms with Crippen LogP contribution in [0, 0.1) is 6.92 Å². The number of aryl methyl sites for hydroxylation is 1.